The summed E-state index contributed by atoms with van der Waals surface area (Å²) in [6, 6.07) is 18.1. The zero-order valence-electron chi connectivity index (χ0n) is 15.8. The summed E-state index contributed by atoms with van der Waals surface area (Å²) in [6.45, 7) is 6.24. The number of aromatic nitrogens is 3. The maximum atomic E-state index is 5.80. The first kappa shape index (κ1) is 19.3. The molecule has 0 bridgehead atoms. The molecule has 0 atom stereocenters. The Kier molecular flexibility index (Phi) is 7.16. The van der Waals surface area contributed by atoms with Gasteiger partial charge in [0.2, 0.25) is 0 Å². The van der Waals surface area contributed by atoms with Gasteiger partial charge in [0.05, 0.1) is 13.2 Å². The minimum Gasteiger partial charge on any atom is -0.494 e. The minimum atomic E-state index is 0.614. The average molecular weight is 384 g/mol. The molecule has 3 rings (SSSR count). The first-order chi connectivity index (χ1) is 13.3. The quantitative estimate of drug-likeness (QED) is 0.382. The number of benzene rings is 2. The number of rotatable bonds is 10. The lowest BCUT2D eigenvalue weighted by atomic mass is 10.1. The highest BCUT2D eigenvalue weighted by molar-refractivity contribution is 7.99. The Balaban J connectivity index is 1.50. The van der Waals surface area contributed by atoms with Crippen LogP contribution >= 0.6 is 11.8 Å². The molecule has 0 amide bonds. The fraction of sp³-hybridized carbons (Fsp3) is 0.333. The summed E-state index contributed by atoms with van der Waals surface area (Å²) in [6.07, 6.45) is 0.797. The van der Waals surface area contributed by atoms with E-state index >= 15 is 0 Å². The molecule has 0 unspecified atom stereocenters. The van der Waals surface area contributed by atoms with Crippen molar-refractivity contribution < 1.29 is 9.47 Å². The molecule has 6 heteroatoms. The molecule has 0 aliphatic rings. The van der Waals surface area contributed by atoms with Gasteiger partial charge in [-0.25, -0.2) is 0 Å². The highest BCUT2D eigenvalue weighted by Crippen LogP contribution is 2.20. The van der Waals surface area contributed by atoms with Crippen molar-refractivity contribution in [1.29, 1.82) is 0 Å². The highest BCUT2D eigenvalue weighted by atomic mass is 32.2. The molecule has 1 aromatic heterocycles. The molecule has 0 aliphatic heterocycles. The van der Waals surface area contributed by atoms with Crippen LogP contribution in [-0.2, 0) is 13.0 Å². The van der Waals surface area contributed by atoms with Gasteiger partial charge in [0.25, 0.3) is 0 Å². The Morgan fingerprint density at radius 2 is 1.59 bits per heavy atom. The zero-order valence-corrected chi connectivity index (χ0v) is 16.6. The van der Waals surface area contributed by atoms with Gasteiger partial charge in [0.1, 0.15) is 17.3 Å². The van der Waals surface area contributed by atoms with E-state index in [2.05, 4.69) is 46.0 Å². The van der Waals surface area contributed by atoms with E-state index in [9.17, 15) is 0 Å². The molecule has 0 radical (unpaired) electrons. The van der Waals surface area contributed by atoms with Crippen molar-refractivity contribution in [1.82, 2.24) is 14.8 Å². The van der Waals surface area contributed by atoms with E-state index in [0.29, 0.717) is 13.2 Å². The van der Waals surface area contributed by atoms with Crippen LogP contribution in [0.1, 0.15) is 25.2 Å². The molecule has 2 aromatic carbocycles. The van der Waals surface area contributed by atoms with E-state index in [1.54, 1.807) is 11.8 Å². The summed E-state index contributed by atoms with van der Waals surface area (Å²) in [5.41, 5.74) is 1.25. The van der Waals surface area contributed by atoms with Gasteiger partial charge in [-0.15, -0.1) is 10.2 Å². The van der Waals surface area contributed by atoms with Crippen LogP contribution in [0.3, 0.4) is 0 Å². The molecule has 0 aliphatic carbocycles. The van der Waals surface area contributed by atoms with Crippen LogP contribution in [0.2, 0.25) is 0 Å². The smallest absolute Gasteiger partial charge is 0.191 e. The lowest BCUT2D eigenvalue weighted by molar-refractivity contribution is 0.332. The summed E-state index contributed by atoms with van der Waals surface area (Å²) in [5, 5.41) is 9.69. The van der Waals surface area contributed by atoms with Crippen molar-refractivity contribution in [2.75, 3.05) is 19.0 Å². The van der Waals surface area contributed by atoms with E-state index < -0.39 is 0 Å². The largest absolute Gasteiger partial charge is 0.494 e. The molecular weight excluding hydrogens is 358 g/mol. The Bertz CT molecular complexity index is 819. The van der Waals surface area contributed by atoms with Gasteiger partial charge < -0.3 is 14.0 Å². The molecular formula is C21H25N3O2S. The van der Waals surface area contributed by atoms with Crippen LogP contribution in [0.5, 0.6) is 11.5 Å². The fourth-order valence-electron chi connectivity index (χ4n) is 2.74. The first-order valence-electron chi connectivity index (χ1n) is 9.24. The Morgan fingerprint density at radius 1 is 0.889 bits per heavy atom. The van der Waals surface area contributed by atoms with Gasteiger partial charge in [-0.1, -0.05) is 42.1 Å². The number of ether oxygens (including phenoxy) is 2. The van der Waals surface area contributed by atoms with Crippen molar-refractivity contribution in [3.05, 3.63) is 66.0 Å². The summed E-state index contributed by atoms with van der Waals surface area (Å²) in [5.74, 6) is 3.53. The topological polar surface area (TPSA) is 49.2 Å². The average Bonchev–Trinajstić information content (AvgIpc) is 3.09. The third kappa shape index (κ3) is 5.50. The maximum absolute atomic E-state index is 5.80. The van der Waals surface area contributed by atoms with Crippen LogP contribution < -0.4 is 9.47 Å². The molecule has 0 N–H and O–H groups in total. The van der Waals surface area contributed by atoms with Crippen LogP contribution in [0, 0.1) is 0 Å². The first-order valence-corrected chi connectivity index (χ1v) is 10.2. The lowest BCUT2D eigenvalue weighted by Crippen LogP contribution is -2.06. The molecule has 0 saturated carbocycles. The SMILES string of the molecule is CCOc1ccc(OCCSc2nnc(Cc3ccccc3)n2CC)cc1. The molecule has 0 fully saturated rings. The summed E-state index contributed by atoms with van der Waals surface area (Å²) in [7, 11) is 0. The zero-order chi connectivity index (χ0) is 18.9. The minimum absolute atomic E-state index is 0.614. The van der Waals surface area contributed by atoms with Gasteiger partial charge >= 0.3 is 0 Å². The highest BCUT2D eigenvalue weighted by Gasteiger charge is 2.11. The number of hydrogen-bond donors (Lipinski definition) is 0. The molecule has 0 spiro atoms. The van der Waals surface area contributed by atoms with Gasteiger partial charge in [-0.05, 0) is 43.7 Å². The second kappa shape index (κ2) is 10.0. The summed E-state index contributed by atoms with van der Waals surface area (Å²) in [4.78, 5) is 0. The normalized spacial score (nSPS) is 10.7. The summed E-state index contributed by atoms with van der Waals surface area (Å²) < 4.78 is 13.4. The van der Waals surface area contributed by atoms with Crippen LogP contribution in [0.4, 0.5) is 0 Å². The number of nitrogens with zero attached hydrogens (tertiary/aromatic N) is 3. The van der Waals surface area contributed by atoms with Gasteiger partial charge in [-0.2, -0.15) is 0 Å². The second-order valence-electron chi connectivity index (χ2n) is 5.91. The number of hydrogen-bond acceptors (Lipinski definition) is 5. The fourth-order valence-corrected chi connectivity index (χ4v) is 3.58. The van der Waals surface area contributed by atoms with Crippen molar-refractivity contribution in [3.8, 4) is 11.5 Å². The summed E-state index contributed by atoms with van der Waals surface area (Å²) >= 11 is 1.67. The molecule has 5 nitrogen and oxygen atoms in total. The molecule has 1 heterocycles. The molecule has 0 saturated heterocycles. The van der Waals surface area contributed by atoms with Crippen LogP contribution in [0.15, 0.2) is 59.8 Å². The predicted octanol–water partition coefficient (Wildman–Crippen LogP) is 4.46. The monoisotopic (exact) mass is 383 g/mol. The molecule has 27 heavy (non-hydrogen) atoms. The Labute approximate surface area is 164 Å². The maximum Gasteiger partial charge on any atom is 0.191 e. The van der Waals surface area contributed by atoms with Crippen molar-refractivity contribution >= 4 is 11.8 Å². The van der Waals surface area contributed by atoms with E-state index in [1.807, 2.05) is 37.3 Å². The van der Waals surface area contributed by atoms with Crippen LogP contribution in [-0.4, -0.2) is 33.7 Å². The molecule has 142 valence electrons. The van der Waals surface area contributed by atoms with Gasteiger partial charge in [0, 0.05) is 18.7 Å². The van der Waals surface area contributed by atoms with E-state index in [0.717, 1.165) is 41.2 Å². The van der Waals surface area contributed by atoms with Crippen molar-refractivity contribution in [2.45, 2.75) is 32.0 Å². The lowest BCUT2D eigenvalue weighted by Gasteiger charge is -2.09. The third-order valence-corrected chi connectivity index (χ3v) is 4.96. The van der Waals surface area contributed by atoms with Gasteiger partial charge in [0.15, 0.2) is 5.16 Å². The Hall–Kier alpha value is -2.47. The molecule has 3 aromatic rings. The van der Waals surface area contributed by atoms with Crippen LogP contribution in [0.25, 0.3) is 0 Å². The van der Waals surface area contributed by atoms with E-state index in [4.69, 9.17) is 9.47 Å². The number of thioether (sulfide) groups is 1. The third-order valence-electron chi connectivity index (χ3n) is 4.03. The Morgan fingerprint density at radius 3 is 2.26 bits per heavy atom. The van der Waals surface area contributed by atoms with E-state index in [1.165, 1.54) is 5.56 Å². The van der Waals surface area contributed by atoms with Gasteiger partial charge in [-0.3, -0.25) is 0 Å². The predicted molar refractivity (Wildman–Crippen MR) is 109 cm³/mol. The van der Waals surface area contributed by atoms with E-state index in [-0.39, 0.29) is 0 Å². The van der Waals surface area contributed by atoms with Crippen molar-refractivity contribution in [3.63, 3.8) is 0 Å². The second-order valence-corrected chi connectivity index (χ2v) is 6.97. The standard InChI is InChI=1S/C21H25N3O2S/c1-3-24-20(16-17-8-6-5-7-9-17)22-23-21(24)27-15-14-26-19-12-10-18(11-13-19)25-4-2/h5-13H,3-4,14-16H2,1-2H3. The van der Waals surface area contributed by atoms with Crippen molar-refractivity contribution in [2.24, 2.45) is 0 Å².